The molecular weight excluding hydrogens is 236 g/mol. The third kappa shape index (κ3) is 3.98. The third-order valence-electron chi connectivity index (χ3n) is 3.95. The topological polar surface area (TPSA) is 25.4 Å². The van der Waals surface area contributed by atoms with Crippen molar-refractivity contribution in [2.75, 3.05) is 13.1 Å². The zero-order chi connectivity index (χ0) is 13.7. The first kappa shape index (κ1) is 13.9. The number of likely N-dealkylation sites (tertiary alicyclic amines) is 1. The predicted molar refractivity (Wildman–Crippen MR) is 77.3 cm³/mol. The number of rotatable bonds is 5. The van der Waals surface area contributed by atoms with Crippen molar-refractivity contribution in [3.8, 4) is 0 Å². The van der Waals surface area contributed by atoms with Gasteiger partial charge in [0.15, 0.2) is 5.88 Å². The Balaban J connectivity index is 1.76. The molecule has 0 aromatic carbocycles. The van der Waals surface area contributed by atoms with Crippen LogP contribution in [0.4, 0.5) is 0 Å². The summed E-state index contributed by atoms with van der Waals surface area (Å²) in [5, 5.41) is 0. The molecule has 3 heteroatoms. The molecule has 0 spiro atoms. The van der Waals surface area contributed by atoms with Gasteiger partial charge in [0.25, 0.3) is 0 Å². The molecule has 2 heterocycles. The summed E-state index contributed by atoms with van der Waals surface area (Å²) in [4.78, 5) is 6.50. The summed E-state index contributed by atoms with van der Waals surface area (Å²) in [6.07, 6.45) is 4.27. The van der Waals surface area contributed by atoms with Gasteiger partial charge in [-0.3, -0.25) is 4.98 Å². The van der Waals surface area contributed by atoms with Crippen molar-refractivity contribution >= 4 is 0 Å². The van der Waals surface area contributed by atoms with Crippen LogP contribution in [0.15, 0.2) is 36.9 Å². The first-order valence-corrected chi connectivity index (χ1v) is 7.13. The van der Waals surface area contributed by atoms with Crippen LogP contribution in [-0.4, -0.2) is 23.0 Å². The molecule has 1 aromatic rings. The first-order valence-electron chi connectivity index (χ1n) is 7.13. The number of hydrogen-bond donors (Lipinski definition) is 0. The average molecular weight is 260 g/mol. The fourth-order valence-electron chi connectivity index (χ4n) is 2.55. The van der Waals surface area contributed by atoms with Crippen molar-refractivity contribution in [2.45, 2.75) is 33.3 Å². The van der Waals surface area contributed by atoms with Crippen LogP contribution in [0.25, 0.3) is 0 Å². The quantitative estimate of drug-likeness (QED) is 0.758. The fraction of sp³-hybridized carbons (Fsp3) is 0.562. The van der Waals surface area contributed by atoms with Crippen LogP contribution in [0.3, 0.4) is 0 Å². The largest absolute Gasteiger partial charge is 0.473 e. The summed E-state index contributed by atoms with van der Waals surface area (Å²) in [6, 6.07) is 5.86. The number of hydrogen-bond acceptors (Lipinski definition) is 3. The van der Waals surface area contributed by atoms with Crippen LogP contribution in [0.1, 0.15) is 32.4 Å². The molecule has 2 rings (SSSR count). The molecule has 0 saturated carbocycles. The van der Waals surface area contributed by atoms with Crippen molar-refractivity contribution in [1.82, 2.24) is 9.88 Å². The molecule has 1 aromatic heterocycles. The van der Waals surface area contributed by atoms with Crippen molar-refractivity contribution in [2.24, 2.45) is 11.8 Å². The van der Waals surface area contributed by atoms with Crippen LogP contribution in [0, 0.1) is 11.8 Å². The van der Waals surface area contributed by atoms with Gasteiger partial charge in [-0.25, -0.2) is 0 Å². The number of nitrogens with zero attached hydrogens (tertiary/aromatic N) is 2. The molecule has 104 valence electrons. The zero-order valence-electron chi connectivity index (χ0n) is 12.0. The maximum atomic E-state index is 5.73. The van der Waals surface area contributed by atoms with Gasteiger partial charge in [-0.2, -0.15) is 0 Å². The van der Waals surface area contributed by atoms with E-state index in [1.165, 1.54) is 12.8 Å². The number of aromatic nitrogens is 1. The maximum absolute atomic E-state index is 5.73. The van der Waals surface area contributed by atoms with Gasteiger partial charge in [0.1, 0.15) is 6.61 Å². The molecule has 0 N–H and O–H groups in total. The zero-order valence-corrected chi connectivity index (χ0v) is 12.0. The van der Waals surface area contributed by atoms with E-state index in [4.69, 9.17) is 4.74 Å². The Hall–Kier alpha value is -1.51. The van der Waals surface area contributed by atoms with Gasteiger partial charge in [0.05, 0.1) is 5.69 Å². The summed E-state index contributed by atoms with van der Waals surface area (Å²) in [6.45, 7) is 11.3. The van der Waals surface area contributed by atoms with Crippen molar-refractivity contribution in [1.29, 1.82) is 0 Å². The van der Waals surface area contributed by atoms with Crippen molar-refractivity contribution < 1.29 is 4.74 Å². The van der Waals surface area contributed by atoms with E-state index in [0.717, 1.165) is 36.5 Å². The van der Waals surface area contributed by atoms with E-state index in [1.807, 2.05) is 18.2 Å². The van der Waals surface area contributed by atoms with Gasteiger partial charge in [0, 0.05) is 19.3 Å². The number of ether oxygens (including phenoxy) is 1. The van der Waals surface area contributed by atoms with Crippen LogP contribution in [0.2, 0.25) is 0 Å². The lowest BCUT2D eigenvalue weighted by atomic mass is 9.87. The Kier molecular flexibility index (Phi) is 4.83. The first-order chi connectivity index (χ1) is 9.16. The monoisotopic (exact) mass is 260 g/mol. The molecule has 0 amide bonds. The lowest BCUT2D eigenvalue weighted by molar-refractivity contribution is 0.0724. The van der Waals surface area contributed by atoms with Crippen molar-refractivity contribution in [3.05, 3.63) is 42.6 Å². The smallest absolute Gasteiger partial charge is 0.182 e. The van der Waals surface area contributed by atoms with Crippen LogP contribution in [-0.2, 0) is 11.3 Å². The second-order valence-corrected chi connectivity index (χ2v) is 5.57. The molecule has 1 aliphatic rings. The Bertz CT molecular complexity index is 394. The Morgan fingerprint density at radius 2 is 2.16 bits per heavy atom. The molecule has 0 bridgehead atoms. The van der Waals surface area contributed by atoms with Gasteiger partial charge >= 0.3 is 0 Å². The van der Waals surface area contributed by atoms with Crippen LogP contribution >= 0.6 is 0 Å². The Morgan fingerprint density at radius 1 is 1.42 bits per heavy atom. The number of pyridine rings is 1. The molecule has 1 saturated heterocycles. The summed E-state index contributed by atoms with van der Waals surface area (Å²) in [5.74, 6) is 2.41. The van der Waals surface area contributed by atoms with Gasteiger partial charge in [-0.1, -0.05) is 19.9 Å². The van der Waals surface area contributed by atoms with E-state index >= 15 is 0 Å². The Morgan fingerprint density at radius 3 is 2.74 bits per heavy atom. The average Bonchev–Trinajstić information content (AvgIpc) is 2.46. The molecule has 19 heavy (non-hydrogen) atoms. The lowest BCUT2D eigenvalue weighted by Crippen LogP contribution is -2.35. The van der Waals surface area contributed by atoms with E-state index in [0.29, 0.717) is 6.61 Å². The highest BCUT2D eigenvalue weighted by Crippen LogP contribution is 2.26. The molecular formula is C16H24N2O. The molecule has 1 aliphatic heterocycles. The van der Waals surface area contributed by atoms with Gasteiger partial charge in [-0.05, 0) is 43.4 Å². The molecule has 0 atom stereocenters. The van der Waals surface area contributed by atoms with E-state index in [1.54, 1.807) is 6.20 Å². The second-order valence-electron chi connectivity index (χ2n) is 5.57. The highest BCUT2D eigenvalue weighted by molar-refractivity contribution is 5.02. The van der Waals surface area contributed by atoms with Gasteiger partial charge in [0.2, 0.25) is 0 Å². The van der Waals surface area contributed by atoms with E-state index in [9.17, 15) is 0 Å². The summed E-state index contributed by atoms with van der Waals surface area (Å²) < 4.78 is 5.73. The summed E-state index contributed by atoms with van der Waals surface area (Å²) in [5.41, 5.74) is 0.945. The van der Waals surface area contributed by atoms with E-state index in [2.05, 4.69) is 30.3 Å². The van der Waals surface area contributed by atoms with Gasteiger partial charge < -0.3 is 9.64 Å². The SMILES string of the molecule is C=C(OCc1ccccn1)N1CCC(C(C)C)CC1. The normalized spacial score (nSPS) is 16.7. The molecule has 0 unspecified atom stereocenters. The third-order valence-corrected chi connectivity index (χ3v) is 3.95. The molecule has 0 radical (unpaired) electrons. The van der Waals surface area contributed by atoms with Crippen molar-refractivity contribution in [3.63, 3.8) is 0 Å². The van der Waals surface area contributed by atoms with E-state index < -0.39 is 0 Å². The summed E-state index contributed by atoms with van der Waals surface area (Å²) >= 11 is 0. The second kappa shape index (κ2) is 6.60. The minimum atomic E-state index is 0.504. The van der Waals surface area contributed by atoms with Crippen LogP contribution in [0.5, 0.6) is 0 Å². The predicted octanol–water partition coefficient (Wildman–Crippen LogP) is 3.44. The lowest BCUT2D eigenvalue weighted by Gasteiger charge is -2.35. The minimum Gasteiger partial charge on any atom is -0.473 e. The highest BCUT2D eigenvalue weighted by atomic mass is 16.5. The maximum Gasteiger partial charge on any atom is 0.182 e. The minimum absolute atomic E-state index is 0.504. The molecule has 1 fully saturated rings. The Labute approximate surface area is 116 Å². The van der Waals surface area contributed by atoms with E-state index in [-0.39, 0.29) is 0 Å². The standard InChI is InChI=1S/C16H24N2O/c1-13(2)15-7-10-18(11-8-15)14(3)19-12-16-6-4-5-9-17-16/h4-6,9,13,15H,3,7-8,10-12H2,1-2H3. The number of piperidine rings is 1. The highest BCUT2D eigenvalue weighted by Gasteiger charge is 2.22. The molecule has 3 nitrogen and oxygen atoms in total. The molecule has 0 aliphatic carbocycles. The summed E-state index contributed by atoms with van der Waals surface area (Å²) in [7, 11) is 0. The van der Waals surface area contributed by atoms with Crippen LogP contribution < -0.4 is 0 Å². The fourth-order valence-corrected chi connectivity index (χ4v) is 2.55. The van der Waals surface area contributed by atoms with Gasteiger partial charge in [-0.15, -0.1) is 0 Å².